The summed E-state index contributed by atoms with van der Waals surface area (Å²) in [7, 11) is 0. The number of hydrogen-bond donors (Lipinski definition) is 1. The predicted molar refractivity (Wildman–Crippen MR) is 75.7 cm³/mol. The van der Waals surface area contributed by atoms with Crippen molar-refractivity contribution in [3.63, 3.8) is 0 Å². The van der Waals surface area contributed by atoms with Gasteiger partial charge in [0.2, 0.25) is 5.91 Å². The summed E-state index contributed by atoms with van der Waals surface area (Å²) in [6.07, 6.45) is 2.05. The number of carbonyl (C=O) groups is 1. The minimum absolute atomic E-state index is 0.0944. The van der Waals surface area contributed by atoms with Crippen molar-refractivity contribution in [2.24, 2.45) is 0 Å². The standard InChI is InChI=1S/C16H21NO3/c1-16(19)7-9-17(10-8-16)15(18)13-6-11-20-14-5-3-2-4-12(13)14/h2-5,13,19H,6-11H2,1H3. The summed E-state index contributed by atoms with van der Waals surface area (Å²) in [5, 5.41) is 9.98. The van der Waals surface area contributed by atoms with Crippen molar-refractivity contribution in [1.82, 2.24) is 4.90 Å². The Bertz CT molecular complexity index is 502. The van der Waals surface area contributed by atoms with Crippen LogP contribution < -0.4 is 4.74 Å². The normalized spacial score (nSPS) is 24.7. The lowest BCUT2D eigenvalue weighted by atomic mass is 9.89. The van der Waals surface area contributed by atoms with E-state index in [-0.39, 0.29) is 11.8 Å². The van der Waals surface area contributed by atoms with Crippen molar-refractivity contribution in [3.8, 4) is 5.75 Å². The molecular weight excluding hydrogens is 254 g/mol. The zero-order valence-electron chi connectivity index (χ0n) is 11.8. The Kier molecular flexibility index (Phi) is 3.42. The molecule has 1 unspecified atom stereocenters. The fourth-order valence-corrected chi connectivity index (χ4v) is 3.03. The first kappa shape index (κ1) is 13.4. The quantitative estimate of drug-likeness (QED) is 0.852. The van der Waals surface area contributed by atoms with Gasteiger partial charge in [0.25, 0.3) is 0 Å². The van der Waals surface area contributed by atoms with Gasteiger partial charge in [0.15, 0.2) is 0 Å². The third kappa shape index (κ3) is 2.52. The number of fused-ring (bicyclic) bond motifs is 1. The summed E-state index contributed by atoms with van der Waals surface area (Å²) in [5.41, 5.74) is 0.380. The number of likely N-dealkylation sites (tertiary alicyclic amines) is 1. The molecule has 1 N–H and O–H groups in total. The molecule has 3 rings (SSSR count). The van der Waals surface area contributed by atoms with Crippen LogP contribution in [0.25, 0.3) is 0 Å². The molecule has 0 radical (unpaired) electrons. The van der Waals surface area contributed by atoms with Crippen LogP contribution in [0, 0.1) is 0 Å². The van der Waals surface area contributed by atoms with Gasteiger partial charge in [-0.05, 0) is 32.3 Å². The lowest BCUT2D eigenvalue weighted by molar-refractivity contribution is -0.137. The smallest absolute Gasteiger partial charge is 0.230 e. The van der Waals surface area contributed by atoms with E-state index in [0.29, 0.717) is 32.5 Å². The van der Waals surface area contributed by atoms with E-state index < -0.39 is 5.60 Å². The van der Waals surface area contributed by atoms with Crippen LogP contribution in [-0.4, -0.2) is 41.2 Å². The molecular formula is C16H21NO3. The van der Waals surface area contributed by atoms with Crippen molar-refractivity contribution in [2.45, 2.75) is 37.7 Å². The van der Waals surface area contributed by atoms with Crippen LogP contribution in [0.1, 0.15) is 37.7 Å². The van der Waals surface area contributed by atoms with Gasteiger partial charge < -0.3 is 14.7 Å². The molecule has 1 amide bonds. The number of piperidine rings is 1. The van der Waals surface area contributed by atoms with E-state index in [9.17, 15) is 9.90 Å². The van der Waals surface area contributed by atoms with Crippen molar-refractivity contribution < 1.29 is 14.6 Å². The number of carbonyl (C=O) groups excluding carboxylic acids is 1. The third-order valence-corrected chi connectivity index (χ3v) is 4.41. The van der Waals surface area contributed by atoms with Crippen molar-refractivity contribution >= 4 is 5.91 Å². The van der Waals surface area contributed by atoms with E-state index >= 15 is 0 Å². The Morgan fingerprint density at radius 3 is 2.80 bits per heavy atom. The summed E-state index contributed by atoms with van der Waals surface area (Å²) < 4.78 is 5.61. The second kappa shape index (κ2) is 5.09. The molecule has 0 spiro atoms. The lowest BCUT2D eigenvalue weighted by Gasteiger charge is -2.38. The Labute approximate surface area is 119 Å². The largest absolute Gasteiger partial charge is 0.493 e. The first-order chi connectivity index (χ1) is 9.57. The van der Waals surface area contributed by atoms with E-state index in [1.54, 1.807) is 0 Å². The molecule has 1 aromatic rings. The van der Waals surface area contributed by atoms with E-state index in [2.05, 4.69) is 0 Å². The third-order valence-electron chi connectivity index (χ3n) is 4.41. The van der Waals surface area contributed by atoms with Gasteiger partial charge in [-0.15, -0.1) is 0 Å². The van der Waals surface area contributed by atoms with Crippen LogP contribution in [-0.2, 0) is 4.79 Å². The minimum atomic E-state index is -0.621. The van der Waals surface area contributed by atoms with E-state index in [1.807, 2.05) is 36.1 Å². The monoisotopic (exact) mass is 275 g/mol. The van der Waals surface area contributed by atoms with Gasteiger partial charge in [-0.2, -0.15) is 0 Å². The molecule has 1 atom stereocenters. The van der Waals surface area contributed by atoms with E-state index in [0.717, 1.165) is 17.7 Å². The van der Waals surface area contributed by atoms with Crippen molar-refractivity contribution in [2.75, 3.05) is 19.7 Å². The zero-order chi connectivity index (χ0) is 14.2. The van der Waals surface area contributed by atoms with E-state index in [4.69, 9.17) is 4.74 Å². The van der Waals surface area contributed by atoms with Crippen LogP contribution in [0.15, 0.2) is 24.3 Å². The lowest BCUT2D eigenvalue weighted by Crippen LogP contribution is -2.47. The number of rotatable bonds is 1. The van der Waals surface area contributed by atoms with Crippen LogP contribution in [0.4, 0.5) is 0 Å². The van der Waals surface area contributed by atoms with Gasteiger partial charge in [-0.3, -0.25) is 4.79 Å². The Balaban J connectivity index is 1.76. The first-order valence-electron chi connectivity index (χ1n) is 7.30. The number of amides is 1. The van der Waals surface area contributed by atoms with Gasteiger partial charge in [-0.25, -0.2) is 0 Å². The molecule has 4 nitrogen and oxygen atoms in total. The number of nitrogens with zero attached hydrogens (tertiary/aromatic N) is 1. The second-order valence-electron chi connectivity index (χ2n) is 6.05. The Morgan fingerprint density at radius 1 is 1.35 bits per heavy atom. The minimum Gasteiger partial charge on any atom is -0.493 e. The van der Waals surface area contributed by atoms with Crippen LogP contribution in [0.2, 0.25) is 0 Å². The number of ether oxygens (including phenoxy) is 1. The molecule has 1 saturated heterocycles. The Hall–Kier alpha value is -1.55. The molecule has 1 fully saturated rings. The van der Waals surface area contributed by atoms with Gasteiger partial charge in [0.1, 0.15) is 5.75 Å². The topological polar surface area (TPSA) is 49.8 Å². The van der Waals surface area contributed by atoms with Crippen molar-refractivity contribution in [1.29, 1.82) is 0 Å². The Morgan fingerprint density at radius 2 is 2.05 bits per heavy atom. The summed E-state index contributed by atoms with van der Waals surface area (Å²) >= 11 is 0. The predicted octanol–water partition coefficient (Wildman–Crippen LogP) is 1.93. The highest BCUT2D eigenvalue weighted by Gasteiger charge is 2.35. The number of hydrogen-bond acceptors (Lipinski definition) is 3. The number of benzene rings is 1. The first-order valence-corrected chi connectivity index (χ1v) is 7.30. The number of aliphatic hydroxyl groups is 1. The fourth-order valence-electron chi connectivity index (χ4n) is 3.03. The SMILES string of the molecule is CC1(O)CCN(C(=O)C2CCOc3ccccc32)CC1. The fraction of sp³-hybridized carbons (Fsp3) is 0.562. The van der Waals surface area contributed by atoms with Crippen LogP contribution >= 0.6 is 0 Å². The maximum atomic E-state index is 12.7. The summed E-state index contributed by atoms with van der Waals surface area (Å²) in [5.74, 6) is 0.917. The zero-order valence-corrected chi connectivity index (χ0v) is 11.8. The number of para-hydroxylation sites is 1. The molecule has 2 aliphatic heterocycles. The average Bonchev–Trinajstić information content (AvgIpc) is 2.46. The molecule has 4 heteroatoms. The molecule has 0 bridgehead atoms. The van der Waals surface area contributed by atoms with Crippen LogP contribution in [0.5, 0.6) is 5.75 Å². The van der Waals surface area contributed by atoms with Crippen molar-refractivity contribution in [3.05, 3.63) is 29.8 Å². The molecule has 108 valence electrons. The summed E-state index contributed by atoms with van der Waals surface area (Å²) in [4.78, 5) is 14.6. The van der Waals surface area contributed by atoms with E-state index in [1.165, 1.54) is 0 Å². The molecule has 1 aromatic carbocycles. The highest BCUT2D eigenvalue weighted by molar-refractivity contribution is 5.85. The highest BCUT2D eigenvalue weighted by Crippen LogP contribution is 2.35. The van der Waals surface area contributed by atoms with Gasteiger partial charge in [-0.1, -0.05) is 18.2 Å². The second-order valence-corrected chi connectivity index (χ2v) is 6.05. The molecule has 0 aliphatic carbocycles. The average molecular weight is 275 g/mol. The van der Waals surface area contributed by atoms with Gasteiger partial charge in [0.05, 0.1) is 18.1 Å². The van der Waals surface area contributed by atoms with Gasteiger partial charge >= 0.3 is 0 Å². The molecule has 0 aromatic heterocycles. The summed E-state index contributed by atoms with van der Waals surface area (Å²) in [6, 6.07) is 7.80. The highest BCUT2D eigenvalue weighted by atomic mass is 16.5. The van der Waals surface area contributed by atoms with Crippen LogP contribution in [0.3, 0.4) is 0 Å². The molecule has 20 heavy (non-hydrogen) atoms. The maximum Gasteiger partial charge on any atom is 0.230 e. The molecule has 2 heterocycles. The summed E-state index contributed by atoms with van der Waals surface area (Å²) in [6.45, 7) is 3.73. The molecule has 0 saturated carbocycles. The maximum absolute atomic E-state index is 12.7. The molecule has 2 aliphatic rings. The van der Waals surface area contributed by atoms with Gasteiger partial charge in [0, 0.05) is 18.7 Å².